The first-order chi connectivity index (χ1) is 18.1. The summed E-state index contributed by atoms with van der Waals surface area (Å²) in [6, 6.07) is -0.118. The van der Waals surface area contributed by atoms with E-state index in [1.165, 1.54) is 19.0 Å². The lowest BCUT2D eigenvalue weighted by atomic mass is 9.58. The van der Waals surface area contributed by atoms with Gasteiger partial charge in [-0.15, -0.1) is 0 Å². The third-order valence-electron chi connectivity index (χ3n) is 7.68. The molecule has 12 nitrogen and oxygen atoms in total. The number of hydrogen-bond donors (Lipinski definition) is 6. The summed E-state index contributed by atoms with van der Waals surface area (Å²) in [7, 11) is 6.39. The van der Waals surface area contributed by atoms with E-state index in [9.17, 15) is 39.6 Å². The highest BCUT2D eigenvalue weighted by Gasteiger charge is 2.63. The molecule has 3 aliphatic carbocycles. The van der Waals surface area contributed by atoms with Gasteiger partial charge in [0.25, 0.3) is 5.91 Å². The first-order valence-corrected chi connectivity index (χ1v) is 12.2. The molecule has 0 fully saturated rings. The van der Waals surface area contributed by atoms with E-state index in [0.29, 0.717) is 0 Å². The Morgan fingerprint density at radius 3 is 2.38 bits per heavy atom. The molecule has 2 amide bonds. The van der Waals surface area contributed by atoms with Gasteiger partial charge in [0.05, 0.1) is 18.2 Å². The molecule has 39 heavy (non-hydrogen) atoms. The van der Waals surface area contributed by atoms with Gasteiger partial charge in [-0.05, 0) is 53.0 Å². The van der Waals surface area contributed by atoms with Crippen LogP contribution in [0.4, 0.5) is 4.39 Å². The molecule has 0 aliphatic heterocycles. The number of aliphatic hydroxyl groups is 3. The number of hydrogen-bond acceptors (Lipinski definition) is 10. The van der Waals surface area contributed by atoms with Gasteiger partial charge in [-0.2, -0.15) is 0 Å². The van der Waals surface area contributed by atoms with Crippen molar-refractivity contribution < 1.29 is 44.0 Å². The average molecular weight is 547 g/mol. The van der Waals surface area contributed by atoms with Crippen LogP contribution >= 0.6 is 0 Å². The molecule has 13 heteroatoms. The van der Waals surface area contributed by atoms with Gasteiger partial charge in [0.1, 0.15) is 28.7 Å². The molecule has 0 bridgehead atoms. The summed E-state index contributed by atoms with van der Waals surface area (Å²) in [5, 5.41) is 47.1. The highest BCUT2D eigenvalue weighted by atomic mass is 19.1. The third-order valence-corrected chi connectivity index (χ3v) is 7.68. The zero-order valence-corrected chi connectivity index (χ0v) is 21.9. The van der Waals surface area contributed by atoms with E-state index < -0.39 is 86.7 Å². The minimum Gasteiger partial charge on any atom is -0.510 e. The predicted molar refractivity (Wildman–Crippen MR) is 134 cm³/mol. The molecule has 1 aromatic rings. The number of allylic oxidation sites excluding steroid dienone is 1. The highest BCUT2D eigenvalue weighted by Crippen LogP contribution is 2.52. The van der Waals surface area contributed by atoms with E-state index in [0.717, 1.165) is 6.07 Å². The molecule has 4 atom stereocenters. The predicted octanol–water partition coefficient (Wildman–Crippen LogP) is -0.562. The lowest BCUT2D eigenvalue weighted by Gasteiger charge is -2.50. The first-order valence-electron chi connectivity index (χ1n) is 12.2. The standard InChI is InChI=1S/C26H31FN4O8/c1-30(2)9-15(32)29-8-11-7-14(27)12-5-10-6-13-19(31(3)4)22(35)18(25(28)38)24(37)26(13,39)23(36)16(10)21(34)17(12)20(11)33/h7,10,13,19,33,35-36,39H,5-6,8-9H2,1-4H3,(H2,28,38)(H,29,32)/t10-,13-,19-,26-/m0/s1. The van der Waals surface area contributed by atoms with E-state index in [4.69, 9.17) is 5.73 Å². The van der Waals surface area contributed by atoms with Crippen LogP contribution < -0.4 is 11.1 Å². The number of likely N-dealkylation sites (N-methyl/N-ethyl adjacent to an activating group) is 2. The van der Waals surface area contributed by atoms with Crippen LogP contribution in [0.2, 0.25) is 0 Å². The number of halogens is 1. The number of benzene rings is 1. The second-order valence-electron chi connectivity index (χ2n) is 10.7. The Labute approximate surface area is 223 Å². The number of carbonyl (C=O) groups is 4. The van der Waals surface area contributed by atoms with Crippen LogP contribution in [0, 0.1) is 17.7 Å². The van der Waals surface area contributed by atoms with Crippen LogP contribution in [0.15, 0.2) is 28.7 Å². The fraction of sp³-hybridized carbons (Fsp3) is 0.462. The summed E-state index contributed by atoms with van der Waals surface area (Å²) in [5.74, 6) is -9.30. The number of nitrogens with two attached hydrogens (primary N) is 1. The number of fused-ring (bicyclic) bond motifs is 3. The Kier molecular flexibility index (Phi) is 7.04. The molecule has 0 heterocycles. The molecule has 1 aromatic carbocycles. The normalized spacial score (nSPS) is 26.5. The molecule has 0 saturated heterocycles. The Bertz CT molecular complexity index is 1370. The molecular weight excluding hydrogens is 515 g/mol. The number of amides is 2. The van der Waals surface area contributed by atoms with E-state index in [2.05, 4.69) is 5.32 Å². The minimum atomic E-state index is -2.78. The van der Waals surface area contributed by atoms with Crippen molar-refractivity contribution in [1.29, 1.82) is 0 Å². The van der Waals surface area contributed by atoms with Crippen LogP contribution in [0.25, 0.3) is 0 Å². The maximum Gasteiger partial charge on any atom is 0.255 e. The number of phenols is 1. The first kappa shape index (κ1) is 28.2. The van der Waals surface area contributed by atoms with Crippen LogP contribution in [0.5, 0.6) is 5.75 Å². The molecule has 0 radical (unpaired) electrons. The van der Waals surface area contributed by atoms with Crippen molar-refractivity contribution in [2.75, 3.05) is 34.7 Å². The number of phenolic OH excluding ortho intramolecular Hbond substituents is 1. The zero-order valence-electron chi connectivity index (χ0n) is 21.9. The maximum absolute atomic E-state index is 15.3. The fourth-order valence-corrected chi connectivity index (χ4v) is 6.00. The van der Waals surface area contributed by atoms with E-state index in [-0.39, 0.29) is 37.1 Å². The lowest BCUT2D eigenvalue weighted by molar-refractivity contribution is -0.148. The number of aliphatic hydroxyl groups excluding tert-OH is 2. The quantitative estimate of drug-likeness (QED) is 0.252. The molecule has 0 unspecified atom stereocenters. The topological polar surface area (TPSA) is 194 Å². The Morgan fingerprint density at radius 1 is 1.18 bits per heavy atom. The molecule has 0 saturated carbocycles. The van der Waals surface area contributed by atoms with Crippen molar-refractivity contribution in [3.8, 4) is 5.75 Å². The summed E-state index contributed by atoms with van der Waals surface area (Å²) in [5.41, 5.74) is 0.580. The van der Waals surface area contributed by atoms with Crippen LogP contribution in [0.3, 0.4) is 0 Å². The molecule has 210 valence electrons. The Morgan fingerprint density at radius 2 is 1.82 bits per heavy atom. The summed E-state index contributed by atoms with van der Waals surface area (Å²) in [6.45, 7) is -0.250. The van der Waals surface area contributed by atoms with Crippen molar-refractivity contribution in [2.24, 2.45) is 17.6 Å². The van der Waals surface area contributed by atoms with Gasteiger partial charge in [0, 0.05) is 29.2 Å². The molecule has 0 aromatic heterocycles. The Hall–Kier alpha value is -3.81. The van der Waals surface area contributed by atoms with Gasteiger partial charge >= 0.3 is 0 Å². The van der Waals surface area contributed by atoms with Crippen molar-refractivity contribution in [1.82, 2.24) is 15.1 Å². The SMILES string of the molecule is CN(C)CC(=O)NCc1cc(F)c2c(c1O)C(=O)C1=C(O)[C@]3(O)C(=O)C(C(N)=O)=C(O)[C@@H](N(C)C)[C@@H]3C[C@@H]1C2. The number of nitrogens with zero attached hydrogens (tertiary/aromatic N) is 2. The number of carbonyl (C=O) groups excluding carboxylic acids is 4. The van der Waals surface area contributed by atoms with E-state index in [1.54, 1.807) is 19.0 Å². The van der Waals surface area contributed by atoms with Crippen molar-refractivity contribution in [3.05, 3.63) is 51.2 Å². The van der Waals surface area contributed by atoms with Crippen molar-refractivity contribution in [2.45, 2.75) is 31.0 Å². The van der Waals surface area contributed by atoms with Gasteiger partial charge in [-0.1, -0.05) is 0 Å². The summed E-state index contributed by atoms with van der Waals surface area (Å²) in [6.07, 6.45) is -0.310. The minimum absolute atomic E-state index is 0.0363. The summed E-state index contributed by atoms with van der Waals surface area (Å²) >= 11 is 0. The van der Waals surface area contributed by atoms with E-state index >= 15 is 4.39 Å². The smallest absolute Gasteiger partial charge is 0.255 e. The number of nitrogens with one attached hydrogen (secondary N) is 1. The zero-order chi connectivity index (χ0) is 29.1. The largest absolute Gasteiger partial charge is 0.510 e. The number of rotatable bonds is 6. The number of Topliss-reactive ketones (excluding diaryl/α,β-unsaturated/α-hetero) is 2. The molecule has 0 spiro atoms. The molecule has 4 rings (SSSR count). The van der Waals surface area contributed by atoms with Crippen molar-refractivity contribution >= 4 is 23.4 Å². The monoisotopic (exact) mass is 546 g/mol. The van der Waals surface area contributed by atoms with Gasteiger partial charge in [-0.3, -0.25) is 24.1 Å². The number of primary amides is 1. The fourth-order valence-electron chi connectivity index (χ4n) is 6.00. The lowest BCUT2D eigenvalue weighted by Crippen LogP contribution is -2.63. The summed E-state index contributed by atoms with van der Waals surface area (Å²) < 4.78 is 15.3. The third kappa shape index (κ3) is 4.26. The van der Waals surface area contributed by atoms with Gasteiger partial charge in [0.15, 0.2) is 11.4 Å². The van der Waals surface area contributed by atoms with E-state index in [1.807, 2.05) is 0 Å². The second-order valence-corrected chi connectivity index (χ2v) is 10.7. The molecule has 3 aliphatic rings. The number of aromatic hydroxyl groups is 1. The van der Waals surface area contributed by atoms with Gasteiger partial charge in [0.2, 0.25) is 11.7 Å². The number of ketones is 2. The van der Waals surface area contributed by atoms with Crippen LogP contribution in [0.1, 0.15) is 27.9 Å². The van der Waals surface area contributed by atoms with Crippen LogP contribution in [-0.4, -0.2) is 100.0 Å². The summed E-state index contributed by atoms with van der Waals surface area (Å²) in [4.78, 5) is 54.1. The van der Waals surface area contributed by atoms with Gasteiger partial charge < -0.3 is 36.4 Å². The Balaban J connectivity index is 1.83. The van der Waals surface area contributed by atoms with Crippen LogP contribution in [-0.2, 0) is 27.3 Å². The van der Waals surface area contributed by atoms with Gasteiger partial charge in [-0.25, -0.2) is 4.39 Å². The average Bonchev–Trinajstić information content (AvgIpc) is 2.81. The molecule has 7 N–H and O–H groups in total. The molecular formula is C26H31FN4O8. The highest BCUT2D eigenvalue weighted by molar-refractivity contribution is 6.24. The van der Waals surface area contributed by atoms with Crippen molar-refractivity contribution in [3.63, 3.8) is 0 Å². The maximum atomic E-state index is 15.3. The second kappa shape index (κ2) is 9.74.